The van der Waals surface area contributed by atoms with E-state index < -0.39 is 28.5 Å². The Morgan fingerprint density at radius 3 is 2.21 bits per heavy atom. The van der Waals surface area contributed by atoms with Crippen LogP contribution in [-0.4, -0.2) is 44.3 Å². The number of hydrogen-bond donors (Lipinski definition) is 1. The van der Waals surface area contributed by atoms with Crippen molar-refractivity contribution in [3.05, 3.63) is 92.4 Å². The van der Waals surface area contributed by atoms with Crippen molar-refractivity contribution < 1.29 is 18.0 Å². The summed E-state index contributed by atoms with van der Waals surface area (Å²) >= 11 is 24.7. The first kappa shape index (κ1) is 31.0. The monoisotopic (exact) mass is 629 g/mol. The zero-order valence-corrected chi connectivity index (χ0v) is 25.0. The quantitative estimate of drug-likeness (QED) is 0.264. The number of nitrogens with zero attached hydrogens (tertiary/aromatic N) is 2. The van der Waals surface area contributed by atoms with Crippen LogP contribution in [0.4, 0.5) is 5.69 Å². The van der Waals surface area contributed by atoms with Crippen LogP contribution in [0.5, 0.6) is 0 Å². The van der Waals surface area contributed by atoms with Crippen molar-refractivity contribution in [2.75, 3.05) is 17.4 Å². The van der Waals surface area contributed by atoms with Gasteiger partial charge in [-0.15, -0.1) is 0 Å². The number of hydrogen-bond acceptors (Lipinski definition) is 4. The fraction of sp³-hybridized carbons (Fsp3) is 0.259. The third-order valence-electron chi connectivity index (χ3n) is 5.87. The van der Waals surface area contributed by atoms with Gasteiger partial charge in [0.05, 0.1) is 20.6 Å². The summed E-state index contributed by atoms with van der Waals surface area (Å²) in [5.74, 6) is -1.02. The van der Waals surface area contributed by atoms with Crippen molar-refractivity contribution in [2.24, 2.45) is 0 Å². The van der Waals surface area contributed by atoms with Gasteiger partial charge in [0, 0.05) is 23.1 Å². The van der Waals surface area contributed by atoms with Gasteiger partial charge in [-0.3, -0.25) is 13.9 Å². The third-order valence-corrected chi connectivity index (χ3v) is 8.99. The lowest BCUT2D eigenvalue weighted by Gasteiger charge is -2.32. The summed E-state index contributed by atoms with van der Waals surface area (Å²) in [6.07, 6.45) is 0.704. The summed E-state index contributed by atoms with van der Waals surface area (Å²) < 4.78 is 28.4. The molecule has 0 radical (unpaired) electrons. The van der Waals surface area contributed by atoms with Gasteiger partial charge < -0.3 is 10.2 Å². The summed E-state index contributed by atoms with van der Waals surface area (Å²) in [4.78, 5) is 28.0. The zero-order chi connectivity index (χ0) is 28.7. The Kier molecular flexibility index (Phi) is 10.9. The molecule has 3 rings (SSSR count). The number of amides is 2. The Morgan fingerprint density at radius 1 is 0.897 bits per heavy atom. The molecule has 1 N–H and O–H groups in total. The topological polar surface area (TPSA) is 86.8 Å². The molecule has 0 saturated carbocycles. The van der Waals surface area contributed by atoms with Crippen LogP contribution in [0.2, 0.25) is 20.1 Å². The normalized spacial score (nSPS) is 12.1. The van der Waals surface area contributed by atoms with Crippen molar-refractivity contribution in [2.45, 2.75) is 37.8 Å². The van der Waals surface area contributed by atoms with E-state index in [4.69, 9.17) is 46.4 Å². The van der Waals surface area contributed by atoms with E-state index in [9.17, 15) is 18.0 Å². The van der Waals surface area contributed by atoms with Crippen molar-refractivity contribution in [1.82, 2.24) is 10.2 Å². The molecule has 0 saturated heterocycles. The first-order valence-electron chi connectivity index (χ1n) is 12.0. The van der Waals surface area contributed by atoms with Crippen molar-refractivity contribution in [3.8, 4) is 0 Å². The van der Waals surface area contributed by atoms with Crippen LogP contribution in [0.1, 0.15) is 25.8 Å². The molecule has 1 atom stereocenters. The lowest BCUT2D eigenvalue weighted by atomic mass is 10.1. The molecule has 0 aliphatic rings. The van der Waals surface area contributed by atoms with E-state index in [0.717, 1.165) is 4.31 Å². The number of carbonyl (C=O) groups is 2. The highest BCUT2D eigenvalue weighted by Crippen LogP contribution is 2.31. The largest absolute Gasteiger partial charge is 0.354 e. The molecule has 0 bridgehead atoms. The number of carbonyl (C=O) groups excluding carboxylic acids is 2. The molecule has 3 aromatic carbocycles. The molecular formula is C27H27Cl4N3O4S. The summed E-state index contributed by atoms with van der Waals surface area (Å²) in [6, 6.07) is 15.8. The van der Waals surface area contributed by atoms with E-state index in [1.807, 2.05) is 6.92 Å². The van der Waals surface area contributed by atoms with Gasteiger partial charge >= 0.3 is 0 Å². The highest BCUT2D eigenvalue weighted by atomic mass is 35.5. The van der Waals surface area contributed by atoms with Crippen LogP contribution in [0, 0.1) is 0 Å². The lowest BCUT2D eigenvalue weighted by Crippen LogP contribution is -2.51. The minimum absolute atomic E-state index is 0.0232. The summed E-state index contributed by atoms with van der Waals surface area (Å²) in [5, 5.41) is 3.84. The first-order chi connectivity index (χ1) is 18.4. The zero-order valence-electron chi connectivity index (χ0n) is 21.2. The number of sulfonamides is 1. The molecule has 0 aliphatic heterocycles. The van der Waals surface area contributed by atoms with Gasteiger partial charge in [0.2, 0.25) is 11.8 Å². The number of benzene rings is 3. The Bertz CT molecular complexity index is 1440. The van der Waals surface area contributed by atoms with Gasteiger partial charge in [0.1, 0.15) is 12.6 Å². The van der Waals surface area contributed by atoms with Gasteiger partial charge in [0.25, 0.3) is 10.0 Å². The van der Waals surface area contributed by atoms with Crippen LogP contribution in [0.3, 0.4) is 0 Å². The molecule has 0 heterocycles. The van der Waals surface area contributed by atoms with Crippen molar-refractivity contribution in [1.29, 1.82) is 0 Å². The molecule has 3 aromatic rings. The van der Waals surface area contributed by atoms with Gasteiger partial charge in [-0.1, -0.05) is 77.6 Å². The fourth-order valence-electron chi connectivity index (χ4n) is 3.70. The maximum Gasteiger partial charge on any atom is 0.264 e. The minimum Gasteiger partial charge on any atom is -0.354 e. The molecule has 0 aromatic heterocycles. The molecular weight excluding hydrogens is 604 g/mol. The van der Waals surface area contributed by atoms with E-state index in [1.165, 1.54) is 41.3 Å². The molecule has 0 unspecified atom stereocenters. The molecule has 39 heavy (non-hydrogen) atoms. The number of rotatable bonds is 11. The summed E-state index contributed by atoms with van der Waals surface area (Å²) in [6.45, 7) is 3.22. The summed E-state index contributed by atoms with van der Waals surface area (Å²) in [5.41, 5.74) is 0.672. The maximum absolute atomic E-state index is 13.9. The number of anilines is 1. The Balaban J connectivity index is 2.05. The molecule has 7 nitrogen and oxygen atoms in total. The van der Waals surface area contributed by atoms with E-state index in [-0.39, 0.29) is 33.1 Å². The Morgan fingerprint density at radius 2 is 1.59 bits per heavy atom. The smallest absolute Gasteiger partial charge is 0.264 e. The van der Waals surface area contributed by atoms with Crippen LogP contribution in [0.25, 0.3) is 0 Å². The van der Waals surface area contributed by atoms with Crippen LogP contribution in [0.15, 0.2) is 71.6 Å². The third kappa shape index (κ3) is 7.80. The molecule has 0 spiro atoms. The average molecular weight is 631 g/mol. The standard InChI is InChI=1S/C27H27Cl4N3O4S/c1-3-13-32-27(36)18(2)33(16-19-9-10-20(28)14-24(19)30)26(35)17-34(21-11-12-23(29)25(31)15-21)39(37,38)22-7-5-4-6-8-22/h4-12,14-15,18H,3,13,16-17H2,1-2H3,(H,32,36)/t18-/m0/s1. The second-order valence-electron chi connectivity index (χ2n) is 8.65. The summed E-state index contributed by atoms with van der Waals surface area (Å²) in [7, 11) is -4.22. The predicted molar refractivity (Wildman–Crippen MR) is 157 cm³/mol. The average Bonchev–Trinajstić information content (AvgIpc) is 2.91. The molecule has 12 heteroatoms. The van der Waals surface area contributed by atoms with Gasteiger partial charge in [0.15, 0.2) is 0 Å². The Hall–Kier alpha value is -2.49. The van der Waals surface area contributed by atoms with Crippen LogP contribution in [-0.2, 0) is 26.2 Å². The van der Waals surface area contributed by atoms with E-state index in [2.05, 4.69) is 5.32 Å². The van der Waals surface area contributed by atoms with Gasteiger partial charge in [-0.25, -0.2) is 8.42 Å². The number of nitrogens with one attached hydrogen (secondary N) is 1. The van der Waals surface area contributed by atoms with E-state index in [1.54, 1.807) is 37.3 Å². The molecule has 0 fully saturated rings. The second kappa shape index (κ2) is 13.7. The number of halogens is 4. The predicted octanol–water partition coefficient (Wildman–Crippen LogP) is 6.44. The van der Waals surface area contributed by atoms with Crippen LogP contribution >= 0.6 is 46.4 Å². The van der Waals surface area contributed by atoms with Crippen molar-refractivity contribution >= 4 is 73.9 Å². The van der Waals surface area contributed by atoms with Crippen molar-refractivity contribution in [3.63, 3.8) is 0 Å². The van der Waals surface area contributed by atoms with E-state index in [0.29, 0.717) is 28.6 Å². The first-order valence-corrected chi connectivity index (χ1v) is 14.9. The van der Waals surface area contributed by atoms with Gasteiger partial charge in [-0.05, 0) is 61.4 Å². The van der Waals surface area contributed by atoms with E-state index >= 15 is 0 Å². The maximum atomic E-state index is 13.9. The Labute approximate surface area is 248 Å². The molecule has 2 amide bonds. The van der Waals surface area contributed by atoms with Crippen LogP contribution < -0.4 is 9.62 Å². The molecule has 0 aliphatic carbocycles. The highest BCUT2D eigenvalue weighted by molar-refractivity contribution is 7.92. The molecule has 208 valence electrons. The second-order valence-corrected chi connectivity index (χ2v) is 12.2. The van der Waals surface area contributed by atoms with Gasteiger partial charge in [-0.2, -0.15) is 0 Å². The minimum atomic E-state index is -4.22. The SMILES string of the molecule is CCCNC(=O)[C@H](C)N(Cc1ccc(Cl)cc1Cl)C(=O)CN(c1ccc(Cl)c(Cl)c1)S(=O)(=O)c1ccccc1. The lowest BCUT2D eigenvalue weighted by molar-refractivity contribution is -0.139. The fourth-order valence-corrected chi connectivity index (χ4v) is 5.89. The highest BCUT2D eigenvalue weighted by Gasteiger charge is 2.33.